The number of hydrogen-bond acceptors (Lipinski definition) is 1. The van der Waals surface area contributed by atoms with Gasteiger partial charge in [0.05, 0.1) is 0 Å². The van der Waals surface area contributed by atoms with Crippen LogP contribution in [0.2, 0.25) is 0 Å². The van der Waals surface area contributed by atoms with Crippen molar-refractivity contribution < 1.29 is 4.39 Å². The van der Waals surface area contributed by atoms with Crippen LogP contribution in [0, 0.1) is 5.82 Å². The van der Waals surface area contributed by atoms with Crippen molar-refractivity contribution in [3.8, 4) is 0 Å². The van der Waals surface area contributed by atoms with Gasteiger partial charge in [0.25, 0.3) is 0 Å². The molecule has 0 aliphatic carbocycles. The molecule has 1 nitrogen and oxygen atoms in total. The van der Waals surface area contributed by atoms with Crippen molar-refractivity contribution >= 4 is 0 Å². The number of unbranched alkanes of at least 4 members (excludes halogenated alkanes) is 6. The van der Waals surface area contributed by atoms with E-state index in [1.165, 1.54) is 63.0 Å². The number of hydrogen-bond donors (Lipinski definition) is 1. The van der Waals surface area contributed by atoms with E-state index < -0.39 is 0 Å². The van der Waals surface area contributed by atoms with Crippen LogP contribution in [-0.4, -0.2) is 13.1 Å². The Morgan fingerprint density at radius 1 is 1.05 bits per heavy atom. The van der Waals surface area contributed by atoms with Crippen molar-refractivity contribution in [1.82, 2.24) is 5.32 Å². The molecule has 1 aromatic carbocycles. The molecule has 112 valence electrons. The summed E-state index contributed by atoms with van der Waals surface area (Å²) in [7, 11) is 0. The van der Waals surface area contributed by atoms with Gasteiger partial charge in [-0.2, -0.15) is 0 Å². The Labute approximate surface area is 123 Å². The molecule has 1 saturated heterocycles. The second kappa shape index (κ2) is 7.78. The maximum absolute atomic E-state index is 13.4. The Morgan fingerprint density at radius 3 is 2.35 bits per heavy atom. The van der Waals surface area contributed by atoms with Crippen LogP contribution in [0.1, 0.15) is 63.9 Å². The minimum atomic E-state index is -0.103. The molecule has 0 bridgehead atoms. The third kappa shape index (κ3) is 4.05. The van der Waals surface area contributed by atoms with Crippen molar-refractivity contribution in [3.63, 3.8) is 0 Å². The van der Waals surface area contributed by atoms with Crippen LogP contribution >= 0.6 is 0 Å². The van der Waals surface area contributed by atoms with E-state index >= 15 is 0 Å². The molecule has 1 aromatic rings. The van der Waals surface area contributed by atoms with Gasteiger partial charge in [0, 0.05) is 18.5 Å². The highest BCUT2D eigenvalue weighted by molar-refractivity contribution is 5.30. The van der Waals surface area contributed by atoms with Gasteiger partial charge in [0.2, 0.25) is 0 Å². The number of rotatable bonds is 9. The SMILES string of the molecule is CCCCCCCCCC1(c2cccc(F)c2)CNC1. The number of nitrogens with one attached hydrogen (secondary N) is 1. The molecule has 1 aliphatic rings. The summed E-state index contributed by atoms with van der Waals surface area (Å²) in [5.74, 6) is -0.103. The Kier molecular flexibility index (Phi) is 6.03. The van der Waals surface area contributed by atoms with E-state index in [4.69, 9.17) is 0 Å². The predicted molar refractivity (Wildman–Crippen MR) is 83.6 cm³/mol. The Bertz CT molecular complexity index is 398. The van der Waals surface area contributed by atoms with Crippen LogP contribution in [0.5, 0.6) is 0 Å². The molecule has 2 heteroatoms. The molecule has 0 saturated carbocycles. The fourth-order valence-electron chi connectivity index (χ4n) is 3.19. The molecular weight excluding hydrogens is 249 g/mol. The molecule has 1 N–H and O–H groups in total. The average molecular weight is 277 g/mol. The van der Waals surface area contributed by atoms with Gasteiger partial charge in [-0.3, -0.25) is 0 Å². The highest BCUT2D eigenvalue weighted by Gasteiger charge is 2.37. The molecule has 0 amide bonds. The van der Waals surface area contributed by atoms with Crippen LogP contribution in [0.3, 0.4) is 0 Å². The fourth-order valence-corrected chi connectivity index (χ4v) is 3.19. The first-order valence-corrected chi connectivity index (χ1v) is 8.24. The third-order valence-electron chi connectivity index (χ3n) is 4.62. The molecule has 20 heavy (non-hydrogen) atoms. The summed E-state index contributed by atoms with van der Waals surface area (Å²) in [6.07, 6.45) is 10.6. The van der Waals surface area contributed by atoms with Gasteiger partial charge in [0.1, 0.15) is 5.82 Å². The van der Waals surface area contributed by atoms with Gasteiger partial charge in [-0.25, -0.2) is 4.39 Å². The van der Waals surface area contributed by atoms with Crippen LogP contribution in [0.25, 0.3) is 0 Å². The van der Waals surface area contributed by atoms with Crippen LogP contribution in [-0.2, 0) is 5.41 Å². The maximum Gasteiger partial charge on any atom is 0.123 e. The summed E-state index contributed by atoms with van der Waals surface area (Å²) in [4.78, 5) is 0. The van der Waals surface area contributed by atoms with Crippen LogP contribution in [0.15, 0.2) is 24.3 Å². The summed E-state index contributed by atoms with van der Waals surface area (Å²) < 4.78 is 13.4. The second-order valence-electron chi connectivity index (χ2n) is 6.27. The maximum atomic E-state index is 13.4. The van der Waals surface area contributed by atoms with E-state index in [0.717, 1.165) is 13.1 Å². The lowest BCUT2D eigenvalue weighted by molar-refractivity contribution is 0.248. The van der Waals surface area contributed by atoms with Crippen LogP contribution < -0.4 is 5.32 Å². The van der Waals surface area contributed by atoms with Gasteiger partial charge in [-0.05, 0) is 24.1 Å². The van der Waals surface area contributed by atoms with E-state index in [-0.39, 0.29) is 11.2 Å². The van der Waals surface area contributed by atoms with Crippen molar-refractivity contribution in [2.24, 2.45) is 0 Å². The number of halogens is 1. The first kappa shape index (κ1) is 15.5. The predicted octanol–water partition coefficient (Wildman–Crippen LogP) is 4.81. The third-order valence-corrected chi connectivity index (χ3v) is 4.62. The Hall–Kier alpha value is -0.890. The van der Waals surface area contributed by atoms with E-state index in [1.54, 1.807) is 6.07 Å². The van der Waals surface area contributed by atoms with E-state index in [0.29, 0.717) is 0 Å². The van der Waals surface area contributed by atoms with Crippen molar-refractivity contribution in [2.75, 3.05) is 13.1 Å². The lowest BCUT2D eigenvalue weighted by atomic mass is 9.71. The van der Waals surface area contributed by atoms with E-state index in [1.807, 2.05) is 6.07 Å². The first-order valence-electron chi connectivity index (χ1n) is 8.24. The molecule has 0 aromatic heterocycles. The molecule has 0 unspecified atom stereocenters. The normalized spacial score (nSPS) is 16.9. The van der Waals surface area contributed by atoms with Gasteiger partial charge < -0.3 is 5.32 Å². The van der Waals surface area contributed by atoms with Gasteiger partial charge in [0.15, 0.2) is 0 Å². The minimum Gasteiger partial charge on any atom is -0.315 e. The van der Waals surface area contributed by atoms with Gasteiger partial charge >= 0.3 is 0 Å². The zero-order valence-corrected chi connectivity index (χ0v) is 12.8. The summed E-state index contributed by atoms with van der Waals surface area (Å²) in [5, 5.41) is 3.37. The number of benzene rings is 1. The van der Waals surface area contributed by atoms with E-state index in [9.17, 15) is 4.39 Å². The molecule has 0 atom stereocenters. The molecule has 1 heterocycles. The molecule has 1 fully saturated rings. The molecule has 0 radical (unpaired) electrons. The smallest absolute Gasteiger partial charge is 0.123 e. The standard InChI is InChI=1S/C18H28FN/c1-2-3-4-5-6-7-8-12-18(14-20-15-18)16-10-9-11-17(19)13-16/h9-11,13,20H,2-8,12,14-15H2,1H3. The molecule has 2 rings (SSSR count). The topological polar surface area (TPSA) is 12.0 Å². The Balaban J connectivity index is 1.75. The summed E-state index contributed by atoms with van der Waals surface area (Å²) in [6.45, 7) is 4.27. The lowest BCUT2D eigenvalue weighted by Gasteiger charge is -2.43. The lowest BCUT2D eigenvalue weighted by Crippen LogP contribution is -2.56. The Morgan fingerprint density at radius 2 is 1.75 bits per heavy atom. The zero-order valence-electron chi connectivity index (χ0n) is 12.8. The first-order chi connectivity index (χ1) is 9.77. The van der Waals surface area contributed by atoms with Gasteiger partial charge in [-0.1, -0.05) is 64.0 Å². The largest absolute Gasteiger partial charge is 0.315 e. The average Bonchev–Trinajstić information content (AvgIpc) is 2.40. The van der Waals surface area contributed by atoms with E-state index in [2.05, 4.69) is 18.3 Å². The zero-order chi connectivity index (χ0) is 14.3. The quantitative estimate of drug-likeness (QED) is 0.639. The van der Waals surface area contributed by atoms with Crippen LogP contribution in [0.4, 0.5) is 4.39 Å². The van der Waals surface area contributed by atoms with Crippen molar-refractivity contribution in [3.05, 3.63) is 35.6 Å². The molecule has 0 spiro atoms. The highest BCUT2D eigenvalue weighted by Crippen LogP contribution is 2.34. The monoisotopic (exact) mass is 277 g/mol. The minimum absolute atomic E-state index is 0.103. The molecular formula is C18H28FN. The molecule has 1 aliphatic heterocycles. The van der Waals surface area contributed by atoms with Crippen molar-refractivity contribution in [1.29, 1.82) is 0 Å². The van der Waals surface area contributed by atoms with Gasteiger partial charge in [-0.15, -0.1) is 0 Å². The summed E-state index contributed by atoms with van der Waals surface area (Å²) in [5.41, 5.74) is 1.38. The van der Waals surface area contributed by atoms with Crippen molar-refractivity contribution in [2.45, 2.75) is 63.7 Å². The highest BCUT2D eigenvalue weighted by atomic mass is 19.1. The summed E-state index contributed by atoms with van der Waals surface area (Å²) in [6, 6.07) is 7.19. The fraction of sp³-hybridized carbons (Fsp3) is 0.667. The second-order valence-corrected chi connectivity index (χ2v) is 6.27. The summed E-state index contributed by atoms with van der Waals surface area (Å²) >= 11 is 0.